The van der Waals surface area contributed by atoms with Gasteiger partial charge >= 0.3 is 5.97 Å². The van der Waals surface area contributed by atoms with E-state index in [0.717, 1.165) is 76.9 Å². The number of benzene rings is 2. The largest absolute Gasteiger partial charge is 0.481 e. The number of pyridine rings is 2. The molecular weight excluding hydrogens is 691 g/mol. The van der Waals surface area contributed by atoms with E-state index >= 15 is 0 Å². The molecule has 1 saturated carbocycles. The molecule has 0 amide bonds. The van der Waals surface area contributed by atoms with Crippen molar-refractivity contribution in [3.63, 3.8) is 0 Å². The Balaban J connectivity index is 1.09. The second kappa shape index (κ2) is 15.4. The summed E-state index contributed by atoms with van der Waals surface area (Å²) in [6.45, 7) is 3.13. The quantitative estimate of drug-likeness (QED) is 0.133. The third-order valence-corrected chi connectivity index (χ3v) is 11.0. The first-order chi connectivity index (χ1) is 24.7. The highest BCUT2D eigenvalue weighted by Crippen LogP contribution is 2.45. The third kappa shape index (κ3) is 7.52. The smallest absolute Gasteiger partial charge is 0.307 e. The summed E-state index contributed by atoms with van der Waals surface area (Å²) in [5, 5.41) is 23.4. The lowest BCUT2D eigenvalue weighted by atomic mass is 9.82. The molecule has 0 spiro atoms. The van der Waals surface area contributed by atoms with Crippen LogP contribution in [0, 0.1) is 11.8 Å². The van der Waals surface area contributed by atoms with Gasteiger partial charge in [0.25, 0.3) is 0 Å². The Kier molecular flexibility index (Phi) is 10.7. The minimum atomic E-state index is -0.770. The minimum Gasteiger partial charge on any atom is -0.481 e. The van der Waals surface area contributed by atoms with Crippen molar-refractivity contribution in [2.24, 2.45) is 11.8 Å². The van der Waals surface area contributed by atoms with Crippen molar-refractivity contribution in [1.82, 2.24) is 20.2 Å². The highest BCUT2D eigenvalue weighted by Gasteiger charge is 2.31. The summed E-state index contributed by atoms with van der Waals surface area (Å²) >= 11 is 13.9. The average Bonchev–Trinajstić information content (AvgIpc) is 3.76. The molecule has 2 aliphatic carbocycles. The zero-order valence-electron chi connectivity index (χ0n) is 28.7. The molecular formula is C39H42Cl2N4O6. The van der Waals surface area contributed by atoms with Crippen molar-refractivity contribution in [3.05, 3.63) is 86.9 Å². The van der Waals surface area contributed by atoms with E-state index in [-0.39, 0.29) is 18.1 Å². The summed E-state index contributed by atoms with van der Waals surface area (Å²) in [6.07, 6.45) is 3.42. The maximum atomic E-state index is 11.4. The van der Waals surface area contributed by atoms with E-state index in [9.17, 15) is 15.0 Å². The monoisotopic (exact) mass is 732 g/mol. The maximum absolute atomic E-state index is 11.4. The van der Waals surface area contributed by atoms with Gasteiger partial charge in [-0.15, -0.1) is 0 Å². The van der Waals surface area contributed by atoms with Crippen LogP contribution in [0.1, 0.15) is 54.0 Å². The van der Waals surface area contributed by atoms with Crippen LogP contribution < -0.4 is 19.5 Å². The molecule has 2 atom stereocenters. The number of hydrogen-bond acceptors (Lipinski definition) is 9. The van der Waals surface area contributed by atoms with Gasteiger partial charge in [0, 0.05) is 41.9 Å². The van der Waals surface area contributed by atoms with Crippen LogP contribution in [0.5, 0.6) is 17.6 Å². The molecule has 12 heteroatoms. The first kappa shape index (κ1) is 35.5. The number of ether oxygens (including phenoxy) is 3. The number of fused-ring (bicyclic) bond motifs is 1. The van der Waals surface area contributed by atoms with Crippen LogP contribution in [0.15, 0.2) is 54.6 Å². The fourth-order valence-electron chi connectivity index (χ4n) is 7.56. The number of carboxylic acid groups (broad SMARTS) is 1. The maximum Gasteiger partial charge on any atom is 0.307 e. The summed E-state index contributed by atoms with van der Waals surface area (Å²) < 4.78 is 17.8. The molecule has 2 aromatic heterocycles. The second-order valence-electron chi connectivity index (χ2n) is 13.7. The number of aliphatic hydroxyl groups is 1. The van der Waals surface area contributed by atoms with Crippen molar-refractivity contribution in [3.8, 4) is 40.0 Å². The Morgan fingerprint density at radius 1 is 0.941 bits per heavy atom. The number of aliphatic carboxylic acids is 1. The summed E-state index contributed by atoms with van der Waals surface area (Å²) in [7, 11) is 3.19. The highest BCUT2D eigenvalue weighted by molar-refractivity contribution is 6.36. The number of halogens is 2. The lowest BCUT2D eigenvalue weighted by Gasteiger charge is -2.31. The lowest BCUT2D eigenvalue weighted by molar-refractivity contribution is -0.141. The van der Waals surface area contributed by atoms with E-state index in [0.29, 0.717) is 66.2 Å². The number of rotatable bonds is 13. The number of likely N-dealkylation sites (tertiary alicyclic amines) is 1. The Morgan fingerprint density at radius 2 is 1.69 bits per heavy atom. The standard InChI is InChI=1S/C39H42Cl2N4O6/c1-49-36-23(19-42-18-22-15-26(46)16-22)9-11-33(43-36)31-8-4-7-30(35(31)41)27-5-3-6-29-28(27)10-12-34(29)51-38-32(40)17-25(37(44-38)50-2)21-45-14-13-24(20-45)39(47)48/h3-9,11,17,22,24,26,34,42,46H,10,12-16,18-21H2,1-2H3,(H,47,48)/t22?,24-,26?,34-/m0/s1. The fraction of sp³-hybridized carbons (Fsp3) is 0.410. The van der Waals surface area contributed by atoms with E-state index in [1.165, 1.54) is 0 Å². The van der Waals surface area contributed by atoms with Gasteiger partial charge in [0.05, 0.1) is 37.0 Å². The number of nitrogens with zero attached hydrogens (tertiary/aromatic N) is 3. The van der Waals surface area contributed by atoms with Crippen LogP contribution in [0.25, 0.3) is 22.4 Å². The molecule has 0 unspecified atom stereocenters. The number of nitrogens with one attached hydrogen (secondary N) is 1. The summed E-state index contributed by atoms with van der Waals surface area (Å²) in [4.78, 5) is 23.0. The van der Waals surface area contributed by atoms with Gasteiger partial charge in [-0.25, -0.2) is 4.98 Å². The number of methoxy groups -OCH3 is 2. The van der Waals surface area contributed by atoms with Gasteiger partial charge in [0.2, 0.25) is 17.6 Å². The highest BCUT2D eigenvalue weighted by atomic mass is 35.5. The first-order valence-corrected chi connectivity index (χ1v) is 18.2. The Labute approximate surface area is 307 Å². The molecule has 4 aromatic rings. The molecule has 268 valence electrons. The van der Waals surface area contributed by atoms with Crippen molar-refractivity contribution in [1.29, 1.82) is 0 Å². The molecule has 51 heavy (non-hydrogen) atoms. The second-order valence-corrected chi connectivity index (χ2v) is 14.5. The van der Waals surface area contributed by atoms with E-state index in [4.69, 9.17) is 42.4 Å². The Morgan fingerprint density at radius 3 is 2.43 bits per heavy atom. The van der Waals surface area contributed by atoms with E-state index in [2.05, 4.69) is 27.3 Å². The molecule has 3 N–H and O–H groups in total. The van der Waals surface area contributed by atoms with Gasteiger partial charge in [-0.05, 0) is 79.9 Å². The molecule has 0 radical (unpaired) electrons. The van der Waals surface area contributed by atoms with Crippen LogP contribution in [-0.2, 0) is 24.3 Å². The zero-order chi connectivity index (χ0) is 35.6. The first-order valence-electron chi connectivity index (χ1n) is 17.4. The van der Waals surface area contributed by atoms with E-state index < -0.39 is 5.97 Å². The number of aromatic nitrogens is 2. The van der Waals surface area contributed by atoms with Crippen LogP contribution >= 0.6 is 23.2 Å². The Hall–Kier alpha value is -3.93. The number of hydrogen-bond donors (Lipinski definition) is 3. The van der Waals surface area contributed by atoms with Gasteiger partial charge in [-0.2, -0.15) is 4.98 Å². The number of carbonyl (C=O) groups is 1. The zero-order valence-corrected chi connectivity index (χ0v) is 30.2. The van der Waals surface area contributed by atoms with Gasteiger partial charge in [0.1, 0.15) is 11.1 Å². The van der Waals surface area contributed by atoms with Crippen molar-refractivity contribution >= 4 is 29.2 Å². The van der Waals surface area contributed by atoms with Crippen LogP contribution in [-0.4, -0.2) is 71.0 Å². The van der Waals surface area contributed by atoms with Gasteiger partial charge < -0.3 is 29.7 Å². The number of carboxylic acids is 1. The van der Waals surface area contributed by atoms with Crippen molar-refractivity contribution < 1.29 is 29.2 Å². The fourth-order valence-corrected chi connectivity index (χ4v) is 8.10. The molecule has 3 aliphatic rings. The van der Waals surface area contributed by atoms with Crippen LogP contribution in [0.4, 0.5) is 0 Å². The predicted molar refractivity (Wildman–Crippen MR) is 196 cm³/mol. The lowest BCUT2D eigenvalue weighted by Crippen LogP contribution is -2.35. The minimum absolute atomic E-state index is 0.159. The topological polar surface area (TPSA) is 126 Å². The van der Waals surface area contributed by atoms with E-state index in [1.807, 2.05) is 42.5 Å². The Bertz CT molecular complexity index is 1920. The predicted octanol–water partition coefficient (Wildman–Crippen LogP) is 6.97. The number of aliphatic hydroxyl groups excluding tert-OH is 1. The van der Waals surface area contributed by atoms with Crippen molar-refractivity contribution in [2.75, 3.05) is 33.9 Å². The average molecular weight is 734 g/mol. The molecule has 1 saturated heterocycles. The molecule has 3 heterocycles. The third-order valence-electron chi connectivity index (χ3n) is 10.3. The van der Waals surface area contributed by atoms with Gasteiger partial charge in [0.15, 0.2) is 0 Å². The summed E-state index contributed by atoms with van der Waals surface area (Å²) in [5.74, 6) is 0.626. The molecule has 1 aliphatic heterocycles. The normalized spacial score (nSPS) is 21.3. The molecule has 0 bridgehead atoms. The van der Waals surface area contributed by atoms with E-state index in [1.54, 1.807) is 14.2 Å². The SMILES string of the molecule is COc1nc(-c2cccc(-c3cccc4c3CC[C@@H]4Oc3nc(OC)c(CN4CC[C@H](C(=O)O)C4)cc3Cl)c2Cl)ccc1CNCC1CC(O)C1. The summed E-state index contributed by atoms with van der Waals surface area (Å²) in [6, 6.07) is 18.0. The molecule has 7 rings (SSSR count). The van der Waals surface area contributed by atoms with Crippen molar-refractivity contribution in [2.45, 2.75) is 57.4 Å². The molecule has 2 fully saturated rings. The van der Waals surface area contributed by atoms with Gasteiger partial charge in [-0.1, -0.05) is 65.7 Å². The van der Waals surface area contributed by atoms with Gasteiger partial charge in [-0.3, -0.25) is 9.69 Å². The molecule has 2 aromatic carbocycles. The van der Waals surface area contributed by atoms with Crippen LogP contribution in [0.2, 0.25) is 10.0 Å². The van der Waals surface area contributed by atoms with Crippen LogP contribution in [0.3, 0.4) is 0 Å². The summed E-state index contributed by atoms with van der Waals surface area (Å²) in [5.41, 5.74) is 7.45. The molecule has 10 nitrogen and oxygen atoms in total.